The maximum Gasteiger partial charge on any atom is 0.133 e. The van der Waals surface area contributed by atoms with Gasteiger partial charge in [-0.1, -0.05) is 45.4 Å². The lowest BCUT2D eigenvalue weighted by Crippen LogP contribution is -2.11. The van der Waals surface area contributed by atoms with Gasteiger partial charge < -0.3 is 0 Å². The van der Waals surface area contributed by atoms with Gasteiger partial charge in [0.25, 0.3) is 0 Å². The van der Waals surface area contributed by atoms with E-state index in [-0.39, 0.29) is 0 Å². The molecule has 0 bridgehead atoms. The van der Waals surface area contributed by atoms with Crippen LogP contribution in [0.3, 0.4) is 0 Å². The van der Waals surface area contributed by atoms with Gasteiger partial charge in [-0.2, -0.15) is 0 Å². The van der Waals surface area contributed by atoms with Crippen molar-refractivity contribution in [2.75, 3.05) is 0 Å². The van der Waals surface area contributed by atoms with E-state index in [2.05, 4.69) is 6.92 Å². The lowest BCUT2D eigenvalue weighted by Gasteiger charge is -2.20. The van der Waals surface area contributed by atoms with Crippen LogP contribution in [0.2, 0.25) is 0 Å². The summed E-state index contributed by atoms with van der Waals surface area (Å²) in [5, 5.41) is 0. The van der Waals surface area contributed by atoms with E-state index in [1.54, 1.807) is 0 Å². The molecule has 1 aliphatic carbocycles. The lowest BCUT2D eigenvalue weighted by molar-refractivity contribution is -0.120. The molecule has 0 aromatic heterocycles. The minimum absolute atomic E-state index is 0.508. The van der Waals surface area contributed by atoms with Crippen molar-refractivity contribution in [3.8, 4) is 0 Å². The Morgan fingerprint density at radius 2 is 1.92 bits per heavy atom. The van der Waals surface area contributed by atoms with Crippen LogP contribution >= 0.6 is 0 Å². The molecule has 76 valence electrons. The van der Waals surface area contributed by atoms with Gasteiger partial charge in [-0.3, -0.25) is 4.79 Å². The van der Waals surface area contributed by atoms with E-state index in [4.69, 9.17) is 0 Å². The molecule has 0 aliphatic heterocycles. The topological polar surface area (TPSA) is 17.1 Å². The molecule has 0 heterocycles. The summed E-state index contributed by atoms with van der Waals surface area (Å²) in [6.45, 7) is 2.15. The molecule has 0 unspecified atom stereocenters. The molecule has 1 rings (SSSR count). The average Bonchev–Trinajstić information content (AvgIpc) is 2.16. The molecule has 1 nitrogen and oxygen atoms in total. The minimum Gasteiger partial charge on any atom is -0.300 e. The number of unbranched alkanes of at least 4 members (excludes halogenated alkanes) is 1. The smallest absolute Gasteiger partial charge is 0.133 e. The fourth-order valence-corrected chi connectivity index (χ4v) is 2.19. The van der Waals surface area contributed by atoms with Crippen LogP contribution in [0.5, 0.6) is 0 Å². The Hall–Kier alpha value is -0.330. The third kappa shape index (κ3) is 4.44. The van der Waals surface area contributed by atoms with E-state index in [1.165, 1.54) is 32.1 Å². The van der Waals surface area contributed by atoms with Gasteiger partial charge in [0.15, 0.2) is 0 Å². The number of ketones is 1. The summed E-state index contributed by atoms with van der Waals surface area (Å²) in [5.41, 5.74) is 0. The summed E-state index contributed by atoms with van der Waals surface area (Å²) in [5.74, 6) is 1.24. The van der Waals surface area contributed by atoms with Crippen molar-refractivity contribution >= 4 is 5.78 Å². The van der Waals surface area contributed by atoms with Crippen molar-refractivity contribution in [3.05, 3.63) is 0 Å². The predicted molar refractivity (Wildman–Crippen MR) is 55.7 cm³/mol. The fraction of sp³-hybridized carbons (Fsp3) is 0.917. The molecule has 0 N–H and O–H groups in total. The Kier molecular flexibility index (Phi) is 5.10. The first-order chi connectivity index (χ1) is 6.33. The number of hydrogen-bond acceptors (Lipinski definition) is 1. The van der Waals surface area contributed by atoms with Gasteiger partial charge in [0, 0.05) is 12.8 Å². The molecule has 0 aromatic carbocycles. The van der Waals surface area contributed by atoms with E-state index in [0.717, 1.165) is 31.6 Å². The minimum atomic E-state index is 0.508. The number of rotatable bonds is 5. The molecule has 0 aromatic rings. The average molecular weight is 182 g/mol. The first kappa shape index (κ1) is 10.7. The van der Waals surface area contributed by atoms with E-state index >= 15 is 0 Å². The van der Waals surface area contributed by atoms with E-state index in [1.807, 2.05) is 0 Å². The first-order valence-electron chi connectivity index (χ1n) is 5.84. The van der Waals surface area contributed by atoms with Crippen molar-refractivity contribution in [2.24, 2.45) is 5.92 Å². The zero-order valence-corrected chi connectivity index (χ0v) is 8.85. The van der Waals surface area contributed by atoms with Gasteiger partial charge in [-0.15, -0.1) is 0 Å². The normalized spacial score (nSPS) is 18.8. The van der Waals surface area contributed by atoms with Gasteiger partial charge >= 0.3 is 0 Å². The highest BCUT2D eigenvalue weighted by molar-refractivity contribution is 5.78. The van der Waals surface area contributed by atoms with Gasteiger partial charge in [0.2, 0.25) is 0 Å². The second kappa shape index (κ2) is 6.17. The molecular weight excluding hydrogens is 160 g/mol. The number of Topliss-reactive ketones (excluding diaryl/α,β-unsaturated/α-hetero) is 1. The molecule has 1 saturated carbocycles. The van der Waals surface area contributed by atoms with Crippen LogP contribution in [0.4, 0.5) is 0 Å². The van der Waals surface area contributed by atoms with Gasteiger partial charge in [-0.05, 0) is 12.3 Å². The summed E-state index contributed by atoms with van der Waals surface area (Å²) >= 11 is 0. The second-order valence-corrected chi connectivity index (χ2v) is 4.35. The molecule has 0 radical (unpaired) electrons. The zero-order valence-electron chi connectivity index (χ0n) is 8.85. The molecule has 0 atom stereocenters. The Bertz CT molecular complexity index is 145. The molecule has 0 amide bonds. The highest BCUT2D eigenvalue weighted by Crippen LogP contribution is 2.26. The van der Waals surface area contributed by atoms with Crippen LogP contribution in [0, 0.1) is 5.92 Å². The van der Waals surface area contributed by atoms with Crippen molar-refractivity contribution in [1.82, 2.24) is 0 Å². The van der Waals surface area contributed by atoms with Gasteiger partial charge in [0.1, 0.15) is 5.78 Å². The van der Waals surface area contributed by atoms with Gasteiger partial charge in [-0.25, -0.2) is 0 Å². The lowest BCUT2D eigenvalue weighted by atomic mass is 9.85. The Morgan fingerprint density at radius 3 is 2.54 bits per heavy atom. The van der Waals surface area contributed by atoms with Crippen LogP contribution in [0.25, 0.3) is 0 Å². The highest BCUT2D eigenvalue weighted by atomic mass is 16.1. The van der Waals surface area contributed by atoms with Crippen LogP contribution in [-0.2, 0) is 4.79 Å². The number of carbonyl (C=O) groups is 1. The maximum atomic E-state index is 11.5. The summed E-state index contributed by atoms with van der Waals surface area (Å²) in [6.07, 6.45) is 10.6. The SMILES string of the molecule is CCCCC(=O)CC1CCCCC1. The third-order valence-corrected chi connectivity index (χ3v) is 3.05. The summed E-state index contributed by atoms with van der Waals surface area (Å²) in [7, 11) is 0. The largest absolute Gasteiger partial charge is 0.300 e. The predicted octanol–water partition coefficient (Wildman–Crippen LogP) is 3.72. The van der Waals surface area contributed by atoms with E-state index in [9.17, 15) is 4.79 Å². The highest BCUT2D eigenvalue weighted by Gasteiger charge is 2.16. The van der Waals surface area contributed by atoms with Crippen LogP contribution < -0.4 is 0 Å². The molecule has 13 heavy (non-hydrogen) atoms. The van der Waals surface area contributed by atoms with E-state index in [0.29, 0.717) is 5.78 Å². The van der Waals surface area contributed by atoms with Crippen LogP contribution in [0.15, 0.2) is 0 Å². The van der Waals surface area contributed by atoms with Crippen molar-refractivity contribution in [3.63, 3.8) is 0 Å². The standard InChI is InChI=1S/C12H22O/c1-2-3-9-12(13)10-11-7-5-4-6-8-11/h11H,2-10H2,1H3. The van der Waals surface area contributed by atoms with Crippen LogP contribution in [-0.4, -0.2) is 5.78 Å². The monoisotopic (exact) mass is 182 g/mol. The summed E-state index contributed by atoms with van der Waals surface area (Å²) in [4.78, 5) is 11.5. The molecule has 0 spiro atoms. The van der Waals surface area contributed by atoms with Crippen LogP contribution in [0.1, 0.15) is 64.7 Å². The maximum absolute atomic E-state index is 11.5. The summed E-state index contributed by atoms with van der Waals surface area (Å²) in [6, 6.07) is 0. The Labute approximate surface area is 81.9 Å². The second-order valence-electron chi connectivity index (χ2n) is 4.35. The van der Waals surface area contributed by atoms with Crippen molar-refractivity contribution < 1.29 is 4.79 Å². The van der Waals surface area contributed by atoms with E-state index < -0.39 is 0 Å². The van der Waals surface area contributed by atoms with Crippen molar-refractivity contribution in [2.45, 2.75) is 64.7 Å². The first-order valence-corrected chi connectivity index (χ1v) is 5.84. The fourth-order valence-electron chi connectivity index (χ4n) is 2.19. The van der Waals surface area contributed by atoms with Crippen molar-refractivity contribution in [1.29, 1.82) is 0 Å². The number of carbonyl (C=O) groups excluding carboxylic acids is 1. The van der Waals surface area contributed by atoms with Gasteiger partial charge in [0.05, 0.1) is 0 Å². The third-order valence-electron chi connectivity index (χ3n) is 3.05. The Balaban J connectivity index is 2.11. The zero-order chi connectivity index (χ0) is 9.52. The summed E-state index contributed by atoms with van der Waals surface area (Å²) < 4.78 is 0. The molecular formula is C12H22O. The molecule has 0 saturated heterocycles. The quantitative estimate of drug-likeness (QED) is 0.633. The molecule has 1 heteroatoms. The molecule has 1 aliphatic rings. The number of hydrogen-bond donors (Lipinski definition) is 0. The Morgan fingerprint density at radius 1 is 1.23 bits per heavy atom. The molecule has 1 fully saturated rings.